The molecule has 2 aromatic heterocycles. The van der Waals surface area contributed by atoms with E-state index in [1.54, 1.807) is 24.4 Å². The second-order valence-electron chi connectivity index (χ2n) is 6.97. The fourth-order valence-electron chi connectivity index (χ4n) is 2.97. The highest BCUT2D eigenvalue weighted by molar-refractivity contribution is 6.07. The number of hydrogen-bond donors (Lipinski definition) is 2. The van der Waals surface area contributed by atoms with Crippen molar-refractivity contribution >= 4 is 23.3 Å². The van der Waals surface area contributed by atoms with E-state index >= 15 is 0 Å². The Bertz CT molecular complexity index is 1100. The Hall–Kier alpha value is -3.88. The summed E-state index contributed by atoms with van der Waals surface area (Å²) in [6, 6.07) is 10.8. The predicted molar refractivity (Wildman–Crippen MR) is 110 cm³/mol. The lowest BCUT2D eigenvalue weighted by Gasteiger charge is -2.12. The minimum atomic E-state index is -2.90. The van der Waals surface area contributed by atoms with E-state index in [4.69, 9.17) is 0 Å². The number of rotatable bonds is 7. The van der Waals surface area contributed by atoms with Crippen LogP contribution in [0.2, 0.25) is 0 Å². The van der Waals surface area contributed by atoms with Crippen molar-refractivity contribution in [3.8, 4) is 16.9 Å². The number of nitrogens with one attached hydrogen (secondary N) is 2. The largest absolute Gasteiger partial charge is 0.435 e. The third-order valence-electron chi connectivity index (χ3n) is 4.68. The minimum Gasteiger partial charge on any atom is -0.435 e. The van der Waals surface area contributed by atoms with Gasteiger partial charge in [0.1, 0.15) is 11.6 Å². The molecule has 0 spiro atoms. The molecule has 0 atom stereocenters. The Balaban J connectivity index is 1.51. The predicted octanol–water partition coefficient (Wildman–Crippen LogP) is 4.35. The molecule has 1 fully saturated rings. The number of benzene rings is 1. The van der Waals surface area contributed by atoms with E-state index in [1.165, 1.54) is 36.7 Å². The van der Waals surface area contributed by atoms with Crippen LogP contribution in [0.25, 0.3) is 11.1 Å². The van der Waals surface area contributed by atoms with Crippen LogP contribution in [0.15, 0.2) is 61.1 Å². The van der Waals surface area contributed by atoms with Gasteiger partial charge in [-0.2, -0.15) is 8.78 Å². The molecule has 2 heterocycles. The molecule has 0 saturated heterocycles. The zero-order valence-corrected chi connectivity index (χ0v) is 16.2. The number of nitrogens with zero attached hydrogens (tertiary/aromatic N) is 2. The monoisotopic (exact) mass is 424 g/mol. The van der Waals surface area contributed by atoms with Crippen molar-refractivity contribution in [1.82, 2.24) is 9.97 Å². The molecular formula is C22H18F2N4O3. The van der Waals surface area contributed by atoms with E-state index in [0.29, 0.717) is 28.2 Å². The smallest absolute Gasteiger partial charge is 0.387 e. The Morgan fingerprint density at radius 3 is 2.52 bits per heavy atom. The molecule has 0 bridgehead atoms. The summed E-state index contributed by atoms with van der Waals surface area (Å²) in [6.07, 6.45) is 6.24. The lowest BCUT2D eigenvalue weighted by atomic mass is 10.0. The zero-order valence-electron chi connectivity index (χ0n) is 16.2. The summed E-state index contributed by atoms with van der Waals surface area (Å²) in [5, 5.41) is 5.51. The summed E-state index contributed by atoms with van der Waals surface area (Å²) >= 11 is 0. The Morgan fingerprint density at radius 1 is 1.03 bits per heavy atom. The van der Waals surface area contributed by atoms with Gasteiger partial charge in [0, 0.05) is 29.4 Å². The lowest BCUT2D eigenvalue weighted by molar-refractivity contribution is -0.117. The topological polar surface area (TPSA) is 93.2 Å². The summed E-state index contributed by atoms with van der Waals surface area (Å²) in [4.78, 5) is 32.8. The van der Waals surface area contributed by atoms with Crippen LogP contribution in [0, 0.1) is 5.92 Å². The third-order valence-corrected chi connectivity index (χ3v) is 4.68. The van der Waals surface area contributed by atoms with Crippen LogP contribution < -0.4 is 15.4 Å². The number of aromatic nitrogens is 2. The molecule has 158 valence electrons. The standard InChI is InChI=1S/C22H18F2N4O3/c23-22(24)31-16-5-3-13(4-6-16)17-8-9-25-12-18(17)27-21(30)15-7-10-26-19(11-15)28-20(29)14-1-2-14/h3-12,14,22H,1-2H2,(H,27,30)(H,26,28,29). The van der Waals surface area contributed by atoms with Gasteiger partial charge in [-0.15, -0.1) is 0 Å². The highest BCUT2D eigenvalue weighted by Gasteiger charge is 2.29. The Kier molecular flexibility index (Phi) is 5.83. The summed E-state index contributed by atoms with van der Waals surface area (Å²) in [5.41, 5.74) is 2.10. The molecule has 1 aromatic carbocycles. The molecule has 2 N–H and O–H groups in total. The first kappa shape index (κ1) is 20.4. The number of amides is 2. The van der Waals surface area contributed by atoms with E-state index in [1.807, 2.05) is 0 Å². The van der Waals surface area contributed by atoms with Crippen molar-refractivity contribution < 1.29 is 23.1 Å². The molecule has 1 saturated carbocycles. The van der Waals surface area contributed by atoms with Crippen molar-refractivity contribution in [3.05, 3.63) is 66.6 Å². The van der Waals surface area contributed by atoms with Crippen LogP contribution >= 0.6 is 0 Å². The number of anilines is 2. The van der Waals surface area contributed by atoms with Gasteiger partial charge in [0.25, 0.3) is 5.91 Å². The van der Waals surface area contributed by atoms with Crippen molar-refractivity contribution in [2.75, 3.05) is 10.6 Å². The molecule has 0 unspecified atom stereocenters. The van der Waals surface area contributed by atoms with E-state index in [2.05, 4.69) is 25.3 Å². The third kappa shape index (κ3) is 5.19. The van der Waals surface area contributed by atoms with E-state index in [9.17, 15) is 18.4 Å². The Morgan fingerprint density at radius 2 is 1.81 bits per heavy atom. The van der Waals surface area contributed by atoms with Gasteiger partial charge in [-0.1, -0.05) is 12.1 Å². The molecule has 1 aliphatic rings. The quantitative estimate of drug-likeness (QED) is 0.588. The second kappa shape index (κ2) is 8.86. The van der Waals surface area contributed by atoms with Gasteiger partial charge in [0.15, 0.2) is 0 Å². The van der Waals surface area contributed by atoms with Crippen molar-refractivity contribution in [2.45, 2.75) is 19.5 Å². The summed E-state index contributed by atoms with van der Waals surface area (Å²) in [6.45, 7) is -2.90. The molecule has 31 heavy (non-hydrogen) atoms. The van der Waals surface area contributed by atoms with Crippen LogP contribution in [0.4, 0.5) is 20.3 Å². The number of ether oxygens (including phenoxy) is 1. The number of halogens is 2. The highest BCUT2D eigenvalue weighted by atomic mass is 19.3. The molecule has 0 aliphatic heterocycles. The van der Waals surface area contributed by atoms with Crippen LogP contribution in [0.3, 0.4) is 0 Å². The first-order valence-electron chi connectivity index (χ1n) is 9.57. The number of alkyl halides is 2. The van der Waals surface area contributed by atoms with Crippen molar-refractivity contribution in [2.24, 2.45) is 5.92 Å². The van der Waals surface area contributed by atoms with Crippen molar-refractivity contribution in [1.29, 1.82) is 0 Å². The lowest BCUT2D eigenvalue weighted by Crippen LogP contribution is -2.16. The fourth-order valence-corrected chi connectivity index (χ4v) is 2.97. The maximum atomic E-state index is 12.8. The number of hydrogen-bond acceptors (Lipinski definition) is 5. The molecule has 2 amide bonds. The van der Waals surface area contributed by atoms with Gasteiger partial charge in [-0.3, -0.25) is 14.6 Å². The Labute approximate surface area is 176 Å². The molecule has 7 nitrogen and oxygen atoms in total. The van der Waals surface area contributed by atoms with E-state index in [-0.39, 0.29) is 17.6 Å². The van der Waals surface area contributed by atoms with Gasteiger partial charge >= 0.3 is 6.61 Å². The molecule has 4 rings (SSSR count). The van der Waals surface area contributed by atoms with Gasteiger partial charge in [0.05, 0.1) is 11.9 Å². The molecule has 3 aromatic rings. The summed E-state index contributed by atoms with van der Waals surface area (Å²) in [7, 11) is 0. The minimum absolute atomic E-state index is 0.0229. The van der Waals surface area contributed by atoms with Gasteiger partial charge in [0.2, 0.25) is 5.91 Å². The number of carbonyl (C=O) groups is 2. The zero-order chi connectivity index (χ0) is 21.8. The SMILES string of the molecule is O=C(Nc1cnccc1-c1ccc(OC(F)F)cc1)c1ccnc(NC(=O)C2CC2)c1. The molecule has 1 aliphatic carbocycles. The van der Waals surface area contributed by atoms with E-state index < -0.39 is 12.5 Å². The average Bonchev–Trinajstić information content (AvgIpc) is 3.60. The molecule has 0 radical (unpaired) electrons. The van der Waals surface area contributed by atoms with Crippen molar-refractivity contribution in [3.63, 3.8) is 0 Å². The fraction of sp³-hybridized carbons (Fsp3) is 0.182. The average molecular weight is 424 g/mol. The molecular weight excluding hydrogens is 406 g/mol. The van der Waals surface area contributed by atoms with Crippen LogP contribution in [-0.4, -0.2) is 28.4 Å². The summed E-state index contributed by atoms with van der Waals surface area (Å²) in [5.74, 6) is -0.133. The highest BCUT2D eigenvalue weighted by Crippen LogP contribution is 2.31. The number of pyridine rings is 2. The summed E-state index contributed by atoms with van der Waals surface area (Å²) < 4.78 is 29.1. The van der Waals surface area contributed by atoms with Crippen LogP contribution in [0.5, 0.6) is 5.75 Å². The maximum Gasteiger partial charge on any atom is 0.387 e. The van der Waals surface area contributed by atoms with Crippen LogP contribution in [-0.2, 0) is 4.79 Å². The normalized spacial score (nSPS) is 13.0. The van der Waals surface area contributed by atoms with Gasteiger partial charge in [-0.05, 0) is 48.7 Å². The van der Waals surface area contributed by atoms with E-state index in [0.717, 1.165) is 12.8 Å². The van der Waals surface area contributed by atoms with Gasteiger partial charge in [-0.25, -0.2) is 4.98 Å². The van der Waals surface area contributed by atoms with Crippen LogP contribution in [0.1, 0.15) is 23.2 Å². The second-order valence-corrected chi connectivity index (χ2v) is 6.97. The molecule has 9 heteroatoms. The first-order valence-corrected chi connectivity index (χ1v) is 9.57. The number of carbonyl (C=O) groups excluding carboxylic acids is 2. The first-order chi connectivity index (χ1) is 15.0. The maximum absolute atomic E-state index is 12.8. The van der Waals surface area contributed by atoms with Gasteiger partial charge < -0.3 is 15.4 Å².